The van der Waals surface area contributed by atoms with Crippen molar-refractivity contribution in [3.05, 3.63) is 12.7 Å². The van der Waals surface area contributed by atoms with Gasteiger partial charge in [-0.15, -0.1) is 11.6 Å². The lowest BCUT2D eigenvalue weighted by Crippen LogP contribution is -2.21. The average molecular weight is 189 g/mol. The van der Waals surface area contributed by atoms with Crippen molar-refractivity contribution in [2.24, 2.45) is 0 Å². The van der Waals surface area contributed by atoms with E-state index in [1.807, 2.05) is 0 Å². The molecule has 0 saturated carbocycles. The van der Waals surface area contributed by atoms with Crippen LogP contribution in [-0.4, -0.2) is 38.6 Å². The average Bonchev–Trinajstić information content (AvgIpc) is 2.16. The second-order valence-electron chi connectivity index (χ2n) is 2.15. The number of rotatable bonds is 4. The molecule has 1 aromatic rings. The third-order valence-corrected chi connectivity index (χ3v) is 1.52. The van der Waals surface area contributed by atoms with Crippen LogP contribution >= 0.6 is 11.6 Å². The summed E-state index contributed by atoms with van der Waals surface area (Å²) >= 11 is 5.38. The van der Waals surface area contributed by atoms with Crippen LogP contribution in [0.5, 0.6) is 0 Å². The zero-order chi connectivity index (χ0) is 8.81. The number of alkyl halides is 1. The van der Waals surface area contributed by atoms with E-state index in [2.05, 4.69) is 20.3 Å². The summed E-state index contributed by atoms with van der Waals surface area (Å²) in [6.07, 6.45) is 2.17. The molecule has 0 amide bonds. The van der Waals surface area contributed by atoms with Gasteiger partial charge in [0.15, 0.2) is 0 Å². The van der Waals surface area contributed by atoms with E-state index < -0.39 is 6.10 Å². The van der Waals surface area contributed by atoms with Crippen molar-refractivity contribution in [1.82, 2.24) is 15.0 Å². The van der Waals surface area contributed by atoms with Crippen LogP contribution in [0.25, 0.3) is 0 Å². The van der Waals surface area contributed by atoms with Gasteiger partial charge in [-0.3, -0.25) is 0 Å². The molecule has 1 atom stereocenters. The molecule has 0 aliphatic carbocycles. The summed E-state index contributed by atoms with van der Waals surface area (Å²) < 4.78 is 0. The minimum absolute atomic E-state index is 0.193. The van der Waals surface area contributed by atoms with Gasteiger partial charge in [0.05, 0.1) is 12.0 Å². The second kappa shape index (κ2) is 4.84. The first-order chi connectivity index (χ1) is 5.83. The fourth-order valence-corrected chi connectivity index (χ4v) is 0.703. The summed E-state index contributed by atoms with van der Waals surface area (Å²) in [4.78, 5) is 11.2. The Labute approximate surface area is 74.8 Å². The fraction of sp³-hybridized carbons (Fsp3) is 0.500. The summed E-state index contributed by atoms with van der Waals surface area (Å²) in [6, 6.07) is 0. The molecule has 1 aromatic heterocycles. The molecular formula is C6H9ClN4O. The summed E-state index contributed by atoms with van der Waals surface area (Å²) in [7, 11) is 0. The molecule has 0 saturated heterocycles. The van der Waals surface area contributed by atoms with E-state index in [9.17, 15) is 0 Å². The molecule has 6 heteroatoms. The predicted octanol–water partition coefficient (Wildman–Crippen LogP) is -0.117. The third-order valence-electron chi connectivity index (χ3n) is 1.17. The lowest BCUT2D eigenvalue weighted by atomic mass is 10.4. The number of nitrogens with zero attached hydrogens (tertiary/aromatic N) is 3. The summed E-state index contributed by atoms with van der Waals surface area (Å²) in [5.74, 6) is 0.632. The van der Waals surface area contributed by atoms with Crippen LogP contribution in [0.2, 0.25) is 0 Å². The Kier molecular flexibility index (Phi) is 3.69. The predicted molar refractivity (Wildman–Crippen MR) is 45.0 cm³/mol. The number of aromatic nitrogens is 3. The zero-order valence-corrected chi connectivity index (χ0v) is 7.07. The molecule has 2 N–H and O–H groups in total. The SMILES string of the molecule is OC(CCl)CNc1ncncn1. The van der Waals surface area contributed by atoms with E-state index in [1.54, 1.807) is 0 Å². The van der Waals surface area contributed by atoms with Gasteiger partial charge in [0.25, 0.3) is 0 Å². The molecule has 1 rings (SSSR count). The van der Waals surface area contributed by atoms with Crippen LogP contribution in [-0.2, 0) is 0 Å². The molecule has 0 radical (unpaired) electrons. The van der Waals surface area contributed by atoms with E-state index in [4.69, 9.17) is 16.7 Å². The molecule has 66 valence electrons. The summed E-state index contributed by atoms with van der Waals surface area (Å²) in [5, 5.41) is 11.9. The number of halogens is 1. The molecule has 12 heavy (non-hydrogen) atoms. The van der Waals surface area contributed by atoms with E-state index in [0.29, 0.717) is 12.5 Å². The third kappa shape index (κ3) is 2.98. The topological polar surface area (TPSA) is 70.9 Å². The van der Waals surface area contributed by atoms with Crippen molar-refractivity contribution >= 4 is 17.5 Å². The highest BCUT2D eigenvalue weighted by Gasteiger charge is 2.01. The van der Waals surface area contributed by atoms with Gasteiger partial charge in [-0.05, 0) is 0 Å². The number of anilines is 1. The highest BCUT2D eigenvalue weighted by molar-refractivity contribution is 6.18. The van der Waals surface area contributed by atoms with Crippen LogP contribution < -0.4 is 5.32 Å². The number of aliphatic hydroxyl groups excluding tert-OH is 1. The van der Waals surface area contributed by atoms with Gasteiger partial charge in [0.1, 0.15) is 12.7 Å². The molecular weight excluding hydrogens is 180 g/mol. The molecule has 0 aromatic carbocycles. The van der Waals surface area contributed by atoms with Crippen molar-refractivity contribution in [3.8, 4) is 0 Å². The first kappa shape index (κ1) is 9.15. The van der Waals surface area contributed by atoms with Crippen LogP contribution in [0.1, 0.15) is 0 Å². The second-order valence-corrected chi connectivity index (χ2v) is 2.46. The largest absolute Gasteiger partial charge is 0.390 e. The molecule has 5 nitrogen and oxygen atoms in total. The van der Waals surface area contributed by atoms with E-state index in [0.717, 1.165) is 0 Å². The smallest absolute Gasteiger partial charge is 0.225 e. The molecule has 0 aliphatic heterocycles. The van der Waals surface area contributed by atoms with Crippen LogP contribution in [0.4, 0.5) is 5.95 Å². The van der Waals surface area contributed by atoms with Crippen LogP contribution in [0.3, 0.4) is 0 Å². The lowest BCUT2D eigenvalue weighted by molar-refractivity contribution is 0.211. The van der Waals surface area contributed by atoms with Crippen LogP contribution in [0.15, 0.2) is 12.7 Å². The standard InChI is InChI=1S/C6H9ClN4O/c7-1-5(12)2-9-6-10-3-8-4-11-6/h3-5,12H,1-2H2,(H,8,9,10,11). The van der Waals surface area contributed by atoms with Crippen molar-refractivity contribution < 1.29 is 5.11 Å². The minimum atomic E-state index is -0.580. The maximum absolute atomic E-state index is 9.05. The van der Waals surface area contributed by atoms with Crippen molar-refractivity contribution in [1.29, 1.82) is 0 Å². The molecule has 0 bridgehead atoms. The number of aliphatic hydroxyl groups is 1. The Morgan fingerprint density at radius 2 is 2.17 bits per heavy atom. The number of hydrogen-bond acceptors (Lipinski definition) is 5. The normalized spacial score (nSPS) is 12.5. The Morgan fingerprint density at radius 1 is 1.50 bits per heavy atom. The lowest BCUT2D eigenvalue weighted by Gasteiger charge is -2.06. The van der Waals surface area contributed by atoms with E-state index >= 15 is 0 Å². The number of nitrogens with one attached hydrogen (secondary N) is 1. The van der Waals surface area contributed by atoms with Crippen molar-refractivity contribution in [2.75, 3.05) is 17.7 Å². The summed E-state index contributed by atoms with van der Waals surface area (Å²) in [5.41, 5.74) is 0. The fourth-order valence-electron chi connectivity index (χ4n) is 0.594. The van der Waals surface area contributed by atoms with Gasteiger partial charge in [-0.2, -0.15) is 0 Å². The molecule has 1 heterocycles. The maximum Gasteiger partial charge on any atom is 0.225 e. The monoisotopic (exact) mass is 188 g/mol. The Morgan fingerprint density at radius 3 is 2.75 bits per heavy atom. The van der Waals surface area contributed by atoms with Crippen LogP contribution in [0, 0.1) is 0 Å². The van der Waals surface area contributed by atoms with Crippen molar-refractivity contribution in [2.45, 2.75) is 6.10 Å². The minimum Gasteiger partial charge on any atom is -0.390 e. The van der Waals surface area contributed by atoms with Gasteiger partial charge in [0.2, 0.25) is 5.95 Å². The number of hydrogen-bond donors (Lipinski definition) is 2. The highest BCUT2D eigenvalue weighted by Crippen LogP contribution is 1.93. The Bertz CT molecular complexity index is 220. The Hall–Kier alpha value is -0.940. The van der Waals surface area contributed by atoms with Gasteiger partial charge in [-0.25, -0.2) is 15.0 Å². The van der Waals surface area contributed by atoms with Gasteiger partial charge < -0.3 is 10.4 Å². The van der Waals surface area contributed by atoms with Gasteiger partial charge >= 0.3 is 0 Å². The first-order valence-corrected chi connectivity index (χ1v) is 3.96. The van der Waals surface area contributed by atoms with Crippen molar-refractivity contribution in [3.63, 3.8) is 0 Å². The summed E-state index contributed by atoms with van der Waals surface area (Å²) in [6.45, 7) is 0.341. The highest BCUT2D eigenvalue weighted by atomic mass is 35.5. The Balaban J connectivity index is 2.33. The molecule has 1 unspecified atom stereocenters. The van der Waals surface area contributed by atoms with Gasteiger partial charge in [-0.1, -0.05) is 0 Å². The van der Waals surface area contributed by atoms with E-state index in [-0.39, 0.29) is 5.88 Å². The first-order valence-electron chi connectivity index (χ1n) is 3.43. The quantitative estimate of drug-likeness (QED) is 0.645. The molecule has 0 fully saturated rings. The molecule has 0 aliphatic rings. The van der Waals surface area contributed by atoms with Gasteiger partial charge in [0, 0.05) is 6.54 Å². The zero-order valence-electron chi connectivity index (χ0n) is 6.31. The maximum atomic E-state index is 9.05. The molecule has 0 spiro atoms. The van der Waals surface area contributed by atoms with E-state index in [1.165, 1.54) is 12.7 Å².